The number of carbonyl (C=O) groups excluding carboxylic acids is 2. The molecule has 0 spiro atoms. The maximum absolute atomic E-state index is 12.6. The van der Waals surface area contributed by atoms with Crippen LogP contribution in [0.3, 0.4) is 0 Å². The number of anilines is 1. The molecule has 0 bridgehead atoms. The van der Waals surface area contributed by atoms with Gasteiger partial charge in [0.2, 0.25) is 0 Å². The van der Waals surface area contributed by atoms with Crippen LogP contribution in [0.15, 0.2) is 42.5 Å². The summed E-state index contributed by atoms with van der Waals surface area (Å²) in [6.45, 7) is 3.76. The Morgan fingerprint density at radius 1 is 1.27 bits per heavy atom. The molecule has 0 radical (unpaired) electrons. The molecule has 0 saturated heterocycles. The molecule has 1 aliphatic heterocycles. The third-order valence-corrected chi connectivity index (χ3v) is 4.44. The lowest BCUT2D eigenvalue weighted by atomic mass is 10.0. The number of methoxy groups -OCH3 is 1. The van der Waals surface area contributed by atoms with E-state index < -0.39 is 17.4 Å². The van der Waals surface area contributed by atoms with E-state index in [2.05, 4.69) is 10.6 Å². The lowest BCUT2D eigenvalue weighted by molar-refractivity contribution is -0.146. The predicted molar refractivity (Wildman–Crippen MR) is 98.5 cm³/mol. The highest BCUT2D eigenvalue weighted by Crippen LogP contribution is 2.34. The van der Waals surface area contributed by atoms with Crippen molar-refractivity contribution in [1.29, 1.82) is 0 Å². The first-order chi connectivity index (χ1) is 12.4. The number of hydrogen-bond acceptors (Lipinski definition) is 4. The Morgan fingerprint density at radius 3 is 2.81 bits per heavy atom. The Hall–Kier alpha value is -3.02. The molecule has 3 rings (SSSR count). The molecular formula is C20H22N2O4. The maximum atomic E-state index is 12.6. The predicted octanol–water partition coefficient (Wildman–Crippen LogP) is 2.45. The molecule has 6 nitrogen and oxygen atoms in total. The van der Waals surface area contributed by atoms with E-state index in [1.807, 2.05) is 43.3 Å². The molecule has 136 valence electrons. The van der Waals surface area contributed by atoms with Crippen LogP contribution in [0, 0.1) is 6.92 Å². The van der Waals surface area contributed by atoms with Crippen LogP contribution in [0.5, 0.6) is 11.5 Å². The molecule has 2 aromatic rings. The fourth-order valence-corrected chi connectivity index (χ4v) is 2.88. The Labute approximate surface area is 152 Å². The van der Waals surface area contributed by atoms with Gasteiger partial charge in [-0.2, -0.15) is 0 Å². The van der Waals surface area contributed by atoms with Crippen molar-refractivity contribution >= 4 is 17.5 Å². The van der Waals surface area contributed by atoms with E-state index in [4.69, 9.17) is 9.47 Å². The first kappa shape index (κ1) is 17.8. The van der Waals surface area contributed by atoms with Crippen molar-refractivity contribution in [2.24, 2.45) is 0 Å². The van der Waals surface area contributed by atoms with E-state index in [9.17, 15) is 9.59 Å². The Morgan fingerprint density at radius 2 is 2.04 bits per heavy atom. The summed E-state index contributed by atoms with van der Waals surface area (Å²) < 4.78 is 11.1. The van der Waals surface area contributed by atoms with Crippen LogP contribution in [0.4, 0.5) is 5.69 Å². The van der Waals surface area contributed by atoms with Gasteiger partial charge in [-0.3, -0.25) is 9.59 Å². The molecule has 0 aliphatic carbocycles. The van der Waals surface area contributed by atoms with Gasteiger partial charge < -0.3 is 20.1 Å². The summed E-state index contributed by atoms with van der Waals surface area (Å²) in [6.07, 6.45) is 0.587. The normalized spacial score (nSPS) is 18.3. The van der Waals surface area contributed by atoms with E-state index in [0.29, 0.717) is 24.4 Å². The molecule has 26 heavy (non-hydrogen) atoms. The monoisotopic (exact) mass is 354 g/mol. The quantitative estimate of drug-likeness (QED) is 0.809. The third-order valence-electron chi connectivity index (χ3n) is 4.44. The standard InChI is InChI=1S/C20H22N2O4/c1-13-8-9-17-15(12-13)22-19(24)20(2,26-17)18(23)21-11-10-14-6-4-5-7-16(14)25-3/h4-9,12H,10-11H2,1-3H3,(H,21,23)(H,22,24). The third kappa shape index (κ3) is 3.35. The van der Waals surface area contributed by atoms with Gasteiger partial charge in [0.15, 0.2) is 0 Å². The summed E-state index contributed by atoms with van der Waals surface area (Å²) in [5.41, 5.74) is 0.949. The number of rotatable bonds is 5. The van der Waals surface area contributed by atoms with Crippen molar-refractivity contribution in [2.45, 2.75) is 25.9 Å². The van der Waals surface area contributed by atoms with Crippen molar-refractivity contribution in [1.82, 2.24) is 5.32 Å². The average molecular weight is 354 g/mol. The first-order valence-corrected chi connectivity index (χ1v) is 8.45. The maximum Gasteiger partial charge on any atom is 0.278 e. The molecule has 6 heteroatoms. The number of carbonyl (C=O) groups is 2. The van der Waals surface area contributed by atoms with Crippen molar-refractivity contribution < 1.29 is 19.1 Å². The fourth-order valence-electron chi connectivity index (χ4n) is 2.88. The number of para-hydroxylation sites is 1. The summed E-state index contributed by atoms with van der Waals surface area (Å²) >= 11 is 0. The molecule has 1 heterocycles. The van der Waals surface area contributed by atoms with Gasteiger partial charge in [-0.1, -0.05) is 24.3 Å². The van der Waals surface area contributed by atoms with Crippen LogP contribution in [0.1, 0.15) is 18.1 Å². The largest absolute Gasteiger partial charge is 0.496 e. The van der Waals surface area contributed by atoms with Gasteiger partial charge in [0, 0.05) is 6.54 Å². The van der Waals surface area contributed by atoms with Crippen LogP contribution in [-0.4, -0.2) is 31.1 Å². The van der Waals surface area contributed by atoms with Gasteiger partial charge in [-0.15, -0.1) is 0 Å². The summed E-state index contributed by atoms with van der Waals surface area (Å²) in [6, 6.07) is 13.1. The highest BCUT2D eigenvalue weighted by Gasteiger charge is 2.47. The lowest BCUT2D eigenvalue weighted by Gasteiger charge is -2.33. The minimum absolute atomic E-state index is 0.367. The van der Waals surface area contributed by atoms with E-state index in [-0.39, 0.29) is 0 Å². The molecule has 0 aromatic heterocycles. The number of fused-ring (bicyclic) bond motifs is 1. The number of nitrogens with one attached hydrogen (secondary N) is 2. The second-order valence-corrected chi connectivity index (χ2v) is 6.41. The number of aryl methyl sites for hydroxylation is 1. The molecule has 2 N–H and O–H groups in total. The minimum atomic E-state index is -1.61. The molecular weight excluding hydrogens is 332 g/mol. The van der Waals surface area contributed by atoms with Crippen LogP contribution >= 0.6 is 0 Å². The van der Waals surface area contributed by atoms with Crippen LogP contribution in [0.25, 0.3) is 0 Å². The van der Waals surface area contributed by atoms with Crippen LogP contribution in [-0.2, 0) is 16.0 Å². The van der Waals surface area contributed by atoms with Crippen LogP contribution < -0.4 is 20.1 Å². The molecule has 0 fully saturated rings. The number of benzene rings is 2. The van der Waals surface area contributed by atoms with Gasteiger partial charge in [0.25, 0.3) is 17.4 Å². The van der Waals surface area contributed by atoms with E-state index >= 15 is 0 Å². The van der Waals surface area contributed by atoms with Crippen molar-refractivity contribution in [2.75, 3.05) is 19.0 Å². The van der Waals surface area contributed by atoms with Crippen LogP contribution in [0.2, 0.25) is 0 Å². The number of amides is 2. The second-order valence-electron chi connectivity index (χ2n) is 6.41. The smallest absolute Gasteiger partial charge is 0.278 e. The summed E-state index contributed by atoms with van der Waals surface area (Å²) in [5.74, 6) is 0.294. The number of ether oxygens (including phenoxy) is 2. The van der Waals surface area contributed by atoms with E-state index in [1.165, 1.54) is 6.92 Å². The highest BCUT2D eigenvalue weighted by molar-refractivity contribution is 6.15. The van der Waals surface area contributed by atoms with Gasteiger partial charge >= 0.3 is 0 Å². The SMILES string of the molecule is COc1ccccc1CCNC(=O)C1(C)Oc2ccc(C)cc2NC1=O. The molecule has 2 aromatic carbocycles. The lowest BCUT2D eigenvalue weighted by Crippen LogP contribution is -2.58. The number of hydrogen-bond donors (Lipinski definition) is 2. The highest BCUT2D eigenvalue weighted by atomic mass is 16.5. The summed E-state index contributed by atoms with van der Waals surface area (Å²) in [4.78, 5) is 25.1. The summed E-state index contributed by atoms with van der Waals surface area (Å²) in [7, 11) is 1.61. The molecule has 0 saturated carbocycles. The Balaban J connectivity index is 1.67. The average Bonchev–Trinajstić information content (AvgIpc) is 2.63. The topological polar surface area (TPSA) is 76.7 Å². The molecule has 2 amide bonds. The summed E-state index contributed by atoms with van der Waals surface area (Å²) in [5, 5.41) is 5.54. The van der Waals surface area contributed by atoms with Gasteiger partial charge in [0.1, 0.15) is 11.5 Å². The molecule has 1 aliphatic rings. The van der Waals surface area contributed by atoms with Crippen molar-refractivity contribution in [3.63, 3.8) is 0 Å². The van der Waals surface area contributed by atoms with E-state index in [1.54, 1.807) is 13.2 Å². The molecule has 1 unspecified atom stereocenters. The zero-order valence-corrected chi connectivity index (χ0v) is 15.1. The van der Waals surface area contributed by atoms with Gasteiger partial charge in [-0.25, -0.2) is 0 Å². The second kappa shape index (κ2) is 7.07. The molecule has 1 atom stereocenters. The minimum Gasteiger partial charge on any atom is -0.496 e. The fraction of sp³-hybridized carbons (Fsp3) is 0.300. The van der Waals surface area contributed by atoms with E-state index in [0.717, 1.165) is 16.9 Å². The zero-order valence-electron chi connectivity index (χ0n) is 15.1. The van der Waals surface area contributed by atoms with Gasteiger partial charge in [-0.05, 0) is 49.6 Å². The van der Waals surface area contributed by atoms with Crippen molar-refractivity contribution in [3.05, 3.63) is 53.6 Å². The zero-order chi connectivity index (χ0) is 18.7. The first-order valence-electron chi connectivity index (χ1n) is 8.45. The van der Waals surface area contributed by atoms with Crippen molar-refractivity contribution in [3.8, 4) is 11.5 Å². The Kier molecular flexibility index (Phi) is 4.84. The Bertz CT molecular complexity index is 849. The van der Waals surface area contributed by atoms with Gasteiger partial charge in [0.05, 0.1) is 12.8 Å².